The maximum Gasteiger partial charge on any atom is 0.133 e. The molecule has 1 heterocycles. The van der Waals surface area contributed by atoms with Gasteiger partial charge in [0.05, 0.1) is 0 Å². The van der Waals surface area contributed by atoms with E-state index in [-0.39, 0.29) is 5.54 Å². The van der Waals surface area contributed by atoms with E-state index in [9.17, 15) is 0 Å². The summed E-state index contributed by atoms with van der Waals surface area (Å²) in [4.78, 5) is 0. The van der Waals surface area contributed by atoms with Crippen LogP contribution in [0.2, 0.25) is 0 Å². The predicted octanol–water partition coefficient (Wildman–Crippen LogP) is 7.93. The van der Waals surface area contributed by atoms with E-state index >= 15 is 0 Å². The lowest BCUT2D eigenvalue weighted by Gasteiger charge is -2.57. The number of nitrogens with zero attached hydrogens (tertiary/aromatic N) is 1. The second kappa shape index (κ2) is 12.1. The van der Waals surface area contributed by atoms with Crippen molar-refractivity contribution in [1.82, 2.24) is 0 Å². The Kier molecular flexibility index (Phi) is 10.3. The molecule has 1 aliphatic heterocycles. The summed E-state index contributed by atoms with van der Waals surface area (Å²) in [5, 5.41) is 0. The van der Waals surface area contributed by atoms with Gasteiger partial charge in [-0.15, -0.1) is 39.5 Å². The van der Waals surface area contributed by atoms with Gasteiger partial charge >= 0.3 is 0 Å². The molecule has 0 bridgehead atoms. The number of rotatable bonds is 16. The standard InChI is InChI=1S/C29H40N/c1-9-17-25-26(18-10-2)28(20-12-4)30(23-15-7,24-16-8)29(21-13-5,22-14-6)27(25)19-11-3/h9-16H,1-8,17-24H2/q+1. The minimum atomic E-state index is -0.235. The van der Waals surface area contributed by atoms with E-state index in [1.54, 1.807) is 0 Å². The zero-order valence-electron chi connectivity index (χ0n) is 18.9. The van der Waals surface area contributed by atoms with Crippen molar-refractivity contribution in [1.29, 1.82) is 0 Å². The lowest BCUT2D eigenvalue weighted by atomic mass is 9.69. The van der Waals surface area contributed by atoms with Gasteiger partial charge < -0.3 is 0 Å². The highest BCUT2D eigenvalue weighted by molar-refractivity contribution is 5.48. The zero-order chi connectivity index (χ0) is 22.6. The largest absolute Gasteiger partial charge is 0.279 e. The monoisotopic (exact) mass is 402 g/mol. The summed E-state index contributed by atoms with van der Waals surface area (Å²) in [6, 6.07) is 0. The van der Waals surface area contributed by atoms with E-state index < -0.39 is 0 Å². The minimum absolute atomic E-state index is 0.235. The second-order valence-corrected chi connectivity index (χ2v) is 7.78. The molecule has 0 N–H and O–H groups in total. The van der Waals surface area contributed by atoms with E-state index in [0.717, 1.165) is 56.1 Å². The third-order valence-corrected chi connectivity index (χ3v) is 6.20. The third kappa shape index (κ3) is 4.42. The van der Waals surface area contributed by atoms with Crippen molar-refractivity contribution in [3.63, 3.8) is 0 Å². The van der Waals surface area contributed by atoms with Crippen molar-refractivity contribution >= 4 is 0 Å². The van der Waals surface area contributed by atoms with Crippen molar-refractivity contribution in [3.8, 4) is 0 Å². The van der Waals surface area contributed by atoms with Gasteiger partial charge in [-0.25, -0.2) is 0 Å². The normalized spacial score (nSPS) is 17.1. The molecule has 0 saturated carbocycles. The van der Waals surface area contributed by atoms with Crippen LogP contribution in [-0.2, 0) is 0 Å². The average molecular weight is 403 g/mol. The van der Waals surface area contributed by atoms with Gasteiger partial charge in [0.2, 0.25) is 0 Å². The summed E-state index contributed by atoms with van der Waals surface area (Å²) in [6.45, 7) is 34.4. The molecule has 0 aromatic heterocycles. The maximum absolute atomic E-state index is 4.14. The Morgan fingerprint density at radius 3 is 1.40 bits per heavy atom. The second-order valence-electron chi connectivity index (χ2n) is 7.78. The van der Waals surface area contributed by atoms with Crippen LogP contribution in [0.3, 0.4) is 0 Å². The van der Waals surface area contributed by atoms with E-state index in [1.165, 1.54) is 22.4 Å². The highest BCUT2D eigenvalue weighted by atomic mass is 15.4. The Hall–Kier alpha value is -2.64. The molecule has 1 heteroatoms. The van der Waals surface area contributed by atoms with E-state index in [1.807, 2.05) is 48.6 Å². The van der Waals surface area contributed by atoms with Gasteiger partial charge in [0.25, 0.3) is 0 Å². The van der Waals surface area contributed by atoms with Crippen molar-refractivity contribution in [2.24, 2.45) is 0 Å². The zero-order valence-corrected chi connectivity index (χ0v) is 18.9. The smallest absolute Gasteiger partial charge is 0.133 e. The van der Waals surface area contributed by atoms with Crippen LogP contribution in [0, 0.1) is 0 Å². The first-order chi connectivity index (χ1) is 14.5. The molecule has 0 saturated heterocycles. The van der Waals surface area contributed by atoms with Crippen LogP contribution in [0.5, 0.6) is 0 Å². The Labute approximate surface area is 185 Å². The summed E-state index contributed by atoms with van der Waals surface area (Å²) in [7, 11) is 0. The Morgan fingerprint density at radius 2 is 1.00 bits per heavy atom. The number of hydrogen-bond acceptors (Lipinski definition) is 0. The molecule has 0 fully saturated rings. The topological polar surface area (TPSA) is 0 Å². The Bertz CT molecular complexity index is 682. The molecule has 0 aromatic rings. The predicted molar refractivity (Wildman–Crippen MR) is 136 cm³/mol. The summed E-state index contributed by atoms with van der Waals surface area (Å²) < 4.78 is 0.733. The Balaban J connectivity index is 4.31. The molecule has 30 heavy (non-hydrogen) atoms. The molecular formula is C29H40N+. The van der Waals surface area contributed by atoms with Crippen LogP contribution >= 0.6 is 0 Å². The van der Waals surface area contributed by atoms with Gasteiger partial charge in [0, 0.05) is 24.8 Å². The first-order valence-electron chi connectivity index (χ1n) is 10.7. The van der Waals surface area contributed by atoms with Gasteiger partial charge in [-0.3, -0.25) is 4.48 Å². The lowest BCUT2D eigenvalue weighted by molar-refractivity contribution is -0.928. The summed E-state index contributed by atoms with van der Waals surface area (Å²) in [6.07, 6.45) is 21.0. The highest BCUT2D eigenvalue weighted by Crippen LogP contribution is 2.53. The average Bonchev–Trinajstić information content (AvgIpc) is 2.72. The molecular weight excluding hydrogens is 362 g/mol. The van der Waals surface area contributed by atoms with Gasteiger partial charge in [-0.2, -0.15) is 0 Å². The van der Waals surface area contributed by atoms with Gasteiger partial charge in [-0.1, -0.05) is 49.6 Å². The quantitative estimate of drug-likeness (QED) is 0.182. The van der Waals surface area contributed by atoms with Crippen LogP contribution in [0.15, 0.2) is 124 Å². The molecule has 0 unspecified atom stereocenters. The highest BCUT2D eigenvalue weighted by Gasteiger charge is 2.56. The molecule has 160 valence electrons. The van der Waals surface area contributed by atoms with Crippen molar-refractivity contribution in [2.45, 2.75) is 44.1 Å². The van der Waals surface area contributed by atoms with E-state index in [0.29, 0.717) is 0 Å². The fraction of sp³-hybridized carbons (Fsp3) is 0.310. The molecule has 0 atom stereocenters. The van der Waals surface area contributed by atoms with Gasteiger partial charge in [0.1, 0.15) is 24.3 Å². The Morgan fingerprint density at radius 1 is 0.533 bits per heavy atom. The fourth-order valence-corrected chi connectivity index (χ4v) is 5.32. The molecule has 0 radical (unpaired) electrons. The number of hydrogen-bond donors (Lipinski definition) is 0. The fourth-order valence-electron chi connectivity index (χ4n) is 5.32. The van der Waals surface area contributed by atoms with Gasteiger partial charge in [-0.05, 0) is 42.6 Å². The van der Waals surface area contributed by atoms with E-state index in [2.05, 4.69) is 52.6 Å². The molecule has 0 amide bonds. The van der Waals surface area contributed by atoms with Crippen LogP contribution in [0.1, 0.15) is 38.5 Å². The summed E-state index contributed by atoms with van der Waals surface area (Å²) in [5.74, 6) is 0. The van der Waals surface area contributed by atoms with Crippen LogP contribution < -0.4 is 0 Å². The van der Waals surface area contributed by atoms with Crippen LogP contribution in [0.4, 0.5) is 0 Å². The van der Waals surface area contributed by atoms with Crippen molar-refractivity contribution in [2.75, 3.05) is 13.1 Å². The number of allylic oxidation sites excluding steroid dienone is 6. The third-order valence-electron chi connectivity index (χ3n) is 6.20. The molecule has 1 aliphatic rings. The first-order valence-corrected chi connectivity index (χ1v) is 10.7. The molecule has 1 nitrogen and oxygen atoms in total. The minimum Gasteiger partial charge on any atom is -0.279 e. The van der Waals surface area contributed by atoms with Crippen LogP contribution in [-0.4, -0.2) is 23.1 Å². The summed E-state index contributed by atoms with van der Waals surface area (Å²) >= 11 is 0. The molecule has 0 aliphatic carbocycles. The molecule has 0 aromatic carbocycles. The van der Waals surface area contributed by atoms with Crippen molar-refractivity contribution < 1.29 is 4.48 Å². The first kappa shape index (κ1) is 25.4. The summed E-state index contributed by atoms with van der Waals surface area (Å²) in [5.41, 5.74) is 5.21. The van der Waals surface area contributed by atoms with Crippen molar-refractivity contribution in [3.05, 3.63) is 124 Å². The maximum atomic E-state index is 4.14. The molecule has 0 spiro atoms. The molecule has 1 rings (SSSR count). The van der Waals surface area contributed by atoms with Crippen LogP contribution in [0.25, 0.3) is 0 Å². The van der Waals surface area contributed by atoms with Gasteiger partial charge in [0.15, 0.2) is 0 Å². The lowest BCUT2D eigenvalue weighted by Crippen LogP contribution is -2.66. The van der Waals surface area contributed by atoms with E-state index in [4.69, 9.17) is 0 Å². The SMILES string of the molecule is C=CCC1=C(CC=C)C(CC=C)(CC=C)[N+](CC=C)(CC=C)C(CC=C)=C1CC=C. The number of quaternary nitrogens is 1.